The first-order valence-corrected chi connectivity index (χ1v) is 12.1. The van der Waals surface area contributed by atoms with Crippen molar-refractivity contribution in [2.75, 3.05) is 19.7 Å². The number of amides is 3. The van der Waals surface area contributed by atoms with Crippen LogP contribution in [-0.2, 0) is 19.1 Å². The number of rotatable bonds is 11. The Labute approximate surface area is 201 Å². The first-order chi connectivity index (χ1) is 15.8. The van der Waals surface area contributed by atoms with E-state index in [2.05, 4.69) is 5.32 Å². The highest BCUT2D eigenvalue weighted by Crippen LogP contribution is 2.33. The molecule has 3 atom stereocenters. The first-order valence-electron chi connectivity index (χ1n) is 11.7. The first kappa shape index (κ1) is 27.1. The van der Waals surface area contributed by atoms with Gasteiger partial charge in [0.2, 0.25) is 17.7 Å². The van der Waals surface area contributed by atoms with Crippen LogP contribution >= 0.6 is 11.6 Å². The van der Waals surface area contributed by atoms with Gasteiger partial charge in [-0.15, -0.1) is 0 Å². The van der Waals surface area contributed by atoms with Crippen molar-refractivity contribution in [1.29, 1.82) is 0 Å². The number of carbonyl (C=O) groups excluding carboxylic acids is 3. The lowest BCUT2D eigenvalue weighted by Crippen LogP contribution is -2.54. The second kappa shape index (κ2) is 13.5. The van der Waals surface area contributed by atoms with Crippen LogP contribution in [0.5, 0.6) is 0 Å². The van der Waals surface area contributed by atoms with Crippen molar-refractivity contribution in [3.63, 3.8) is 0 Å². The van der Waals surface area contributed by atoms with Crippen LogP contribution < -0.4 is 10.8 Å². The molecule has 1 saturated heterocycles. The zero-order valence-electron chi connectivity index (χ0n) is 19.7. The Bertz CT molecular complexity index is 787. The molecule has 3 amide bonds. The van der Waals surface area contributed by atoms with Crippen molar-refractivity contribution < 1.29 is 24.3 Å². The third-order valence-electron chi connectivity index (χ3n) is 5.94. The van der Waals surface area contributed by atoms with E-state index in [4.69, 9.17) is 16.3 Å². The number of hydrogen-bond acceptors (Lipinski definition) is 5. The summed E-state index contributed by atoms with van der Waals surface area (Å²) in [5.74, 6) is -2.75. The van der Waals surface area contributed by atoms with Gasteiger partial charge in [-0.1, -0.05) is 30.7 Å². The number of likely N-dealkylation sites (tertiary alicyclic amines) is 1. The molecule has 0 unspecified atom stereocenters. The van der Waals surface area contributed by atoms with E-state index in [1.165, 1.54) is 0 Å². The summed E-state index contributed by atoms with van der Waals surface area (Å²) in [6, 6.07) is 6.17. The quantitative estimate of drug-likeness (QED) is 0.255. The molecule has 1 fully saturated rings. The zero-order chi connectivity index (χ0) is 24.4. The standard InChI is InChI=1S/C24H36ClN3O5/c1-4-19(22(29)27-32)21(17-9-11-18(25)12-10-17)24(31)28-14-6-5-8-20(28)23(30)26-13-7-15-33-16(2)3/h9-12,16,19-21,32H,4-8,13-15H2,1-3H3,(H,26,30)(H,27,29)/t19-,20-,21+/m0/s1. The number of hydroxylamine groups is 1. The van der Waals surface area contributed by atoms with Crippen LogP contribution in [0.1, 0.15) is 64.4 Å². The van der Waals surface area contributed by atoms with E-state index in [0.717, 1.165) is 12.8 Å². The molecule has 184 valence electrons. The van der Waals surface area contributed by atoms with Crippen LogP contribution in [0, 0.1) is 5.92 Å². The number of halogens is 1. The SMILES string of the molecule is CC[C@H](C(=O)NO)[C@H](C(=O)N1CCCC[C@H]1C(=O)NCCCOC(C)C)c1ccc(Cl)cc1. The van der Waals surface area contributed by atoms with Crippen LogP contribution in [0.4, 0.5) is 0 Å². The highest BCUT2D eigenvalue weighted by Gasteiger charge is 2.41. The third kappa shape index (κ3) is 7.69. The van der Waals surface area contributed by atoms with Gasteiger partial charge in [0.05, 0.1) is 17.9 Å². The maximum atomic E-state index is 13.8. The summed E-state index contributed by atoms with van der Waals surface area (Å²) in [6.07, 6.45) is 3.36. The molecule has 33 heavy (non-hydrogen) atoms. The van der Waals surface area contributed by atoms with Crippen LogP contribution in [0.15, 0.2) is 24.3 Å². The number of nitrogens with one attached hydrogen (secondary N) is 2. The van der Waals surface area contributed by atoms with E-state index < -0.39 is 23.8 Å². The molecule has 1 aliphatic heterocycles. The predicted octanol–water partition coefficient (Wildman–Crippen LogP) is 3.27. The fourth-order valence-corrected chi connectivity index (χ4v) is 4.37. The highest BCUT2D eigenvalue weighted by atomic mass is 35.5. The average molecular weight is 482 g/mol. The fraction of sp³-hybridized carbons (Fsp3) is 0.625. The second-order valence-corrected chi connectivity index (χ2v) is 9.06. The van der Waals surface area contributed by atoms with Crippen molar-refractivity contribution in [1.82, 2.24) is 15.7 Å². The van der Waals surface area contributed by atoms with Gasteiger partial charge in [-0.3, -0.25) is 19.6 Å². The summed E-state index contributed by atoms with van der Waals surface area (Å²) in [4.78, 5) is 40.8. The largest absolute Gasteiger partial charge is 0.379 e. The maximum Gasteiger partial charge on any atom is 0.247 e. The number of hydrogen-bond donors (Lipinski definition) is 3. The summed E-state index contributed by atoms with van der Waals surface area (Å²) in [5, 5.41) is 12.7. The Morgan fingerprint density at radius 2 is 1.91 bits per heavy atom. The maximum absolute atomic E-state index is 13.8. The molecule has 1 aromatic rings. The number of carbonyl (C=O) groups is 3. The second-order valence-electron chi connectivity index (χ2n) is 8.63. The molecule has 0 aliphatic carbocycles. The van der Waals surface area contributed by atoms with Gasteiger partial charge < -0.3 is 15.0 Å². The lowest BCUT2D eigenvalue weighted by molar-refractivity contribution is -0.147. The van der Waals surface area contributed by atoms with Gasteiger partial charge in [-0.2, -0.15) is 0 Å². The molecule has 0 spiro atoms. The van der Waals surface area contributed by atoms with Gasteiger partial charge in [-0.05, 0) is 63.6 Å². The summed E-state index contributed by atoms with van der Waals surface area (Å²) >= 11 is 6.02. The van der Waals surface area contributed by atoms with Crippen molar-refractivity contribution >= 4 is 29.3 Å². The van der Waals surface area contributed by atoms with Crippen molar-refractivity contribution in [3.8, 4) is 0 Å². The number of benzene rings is 1. The molecule has 1 heterocycles. The molecule has 0 bridgehead atoms. The average Bonchev–Trinajstić information content (AvgIpc) is 2.81. The lowest BCUT2D eigenvalue weighted by Gasteiger charge is -2.38. The van der Waals surface area contributed by atoms with Crippen LogP contribution in [0.3, 0.4) is 0 Å². The fourth-order valence-electron chi connectivity index (χ4n) is 4.24. The van der Waals surface area contributed by atoms with Gasteiger partial charge in [0.25, 0.3) is 0 Å². The molecule has 3 N–H and O–H groups in total. The van der Waals surface area contributed by atoms with E-state index >= 15 is 0 Å². The minimum atomic E-state index is -0.841. The summed E-state index contributed by atoms with van der Waals surface area (Å²) < 4.78 is 5.51. The van der Waals surface area contributed by atoms with Gasteiger partial charge in [0.1, 0.15) is 6.04 Å². The molecule has 2 rings (SSSR count). The summed E-state index contributed by atoms with van der Waals surface area (Å²) in [5.41, 5.74) is 2.31. The molecule has 0 aromatic heterocycles. The Morgan fingerprint density at radius 3 is 2.52 bits per heavy atom. The van der Waals surface area contributed by atoms with Crippen LogP contribution in [0.2, 0.25) is 5.02 Å². The Kier molecular flexibility index (Phi) is 11.1. The Morgan fingerprint density at radius 1 is 1.21 bits per heavy atom. The lowest BCUT2D eigenvalue weighted by atomic mass is 9.81. The topological polar surface area (TPSA) is 108 Å². The minimum absolute atomic E-state index is 0.139. The van der Waals surface area contributed by atoms with Crippen molar-refractivity contribution in [2.24, 2.45) is 5.92 Å². The van der Waals surface area contributed by atoms with Gasteiger partial charge in [-0.25, -0.2) is 5.48 Å². The third-order valence-corrected chi connectivity index (χ3v) is 6.20. The summed E-state index contributed by atoms with van der Waals surface area (Å²) in [7, 11) is 0. The van der Waals surface area contributed by atoms with E-state index in [-0.39, 0.29) is 17.9 Å². The molecular formula is C24H36ClN3O5. The van der Waals surface area contributed by atoms with Crippen LogP contribution in [0.25, 0.3) is 0 Å². The monoisotopic (exact) mass is 481 g/mol. The molecule has 1 aliphatic rings. The molecule has 0 radical (unpaired) electrons. The smallest absolute Gasteiger partial charge is 0.247 e. The number of piperidine rings is 1. The van der Waals surface area contributed by atoms with E-state index in [0.29, 0.717) is 49.5 Å². The van der Waals surface area contributed by atoms with E-state index in [9.17, 15) is 19.6 Å². The number of nitrogens with zero attached hydrogens (tertiary/aromatic N) is 1. The molecule has 0 saturated carbocycles. The molecule has 1 aromatic carbocycles. The predicted molar refractivity (Wildman–Crippen MR) is 126 cm³/mol. The molecular weight excluding hydrogens is 446 g/mol. The Balaban J connectivity index is 2.22. The Hall–Kier alpha value is -2.16. The van der Waals surface area contributed by atoms with Gasteiger partial charge in [0, 0.05) is 24.7 Å². The zero-order valence-corrected chi connectivity index (χ0v) is 20.4. The van der Waals surface area contributed by atoms with Crippen LogP contribution in [-0.4, -0.2) is 59.7 Å². The highest BCUT2D eigenvalue weighted by molar-refractivity contribution is 6.30. The van der Waals surface area contributed by atoms with Gasteiger partial charge in [0.15, 0.2) is 0 Å². The van der Waals surface area contributed by atoms with Gasteiger partial charge >= 0.3 is 0 Å². The van der Waals surface area contributed by atoms with E-state index in [1.807, 2.05) is 13.8 Å². The van der Waals surface area contributed by atoms with Crippen molar-refractivity contribution in [3.05, 3.63) is 34.9 Å². The molecule has 8 nitrogen and oxygen atoms in total. The number of ether oxygens (including phenoxy) is 1. The summed E-state index contributed by atoms with van der Waals surface area (Å²) in [6.45, 7) is 7.17. The van der Waals surface area contributed by atoms with Crippen molar-refractivity contribution in [2.45, 2.75) is 70.9 Å². The normalized spacial score (nSPS) is 18.0. The van der Waals surface area contributed by atoms with E-state index in [1.54, 1.807) is 41.6 Å². The minimum Gasteiger partial charge on any atom is -0.379 e. The molecule has 9 heteroatoms.